The van der Waals surface area contributed by atoms with Crippen LogP contribution in [0.25, 0.3) is 10.4 Å². The summed E-state index contributed by atoms with van der Waals surface area (Å²) < 4.78 is 5.75. The SMILES string of the molecule is NC(=O)c1sc2c(c1CC1CCCO1)CNc1ccccc1-2. The van der Waals surface area contributed by atoms with E-state index in [9.17, 15) is 4.79 Å². The van der Waals surface area contributed by atoms with E-state index in [4.69, 9.17) is 10.5 Å². The van der Waals surface area contributed by atoms with Crippen molar-refractivity contribution in [3.8, 4) is 10.4 Å². The molecule has 3 heterocycles. The number of carbonyl (C=O) groups excluding carboxylic acids is 1. The van der Waals surface area contributed by atoms with Gasteiger partial charge < -0.3 is 15.8 Å². The molecule has 0 aliphatic carbocycles. The molecule has 1 aromatic carbocycles. The highest BCUT2D eigenvalue weighted by molar-refractivity contribution is 7.17. The molecule has 1 amide bonds. The van der Waals surface area contributed by atoms with Crippen LogP contribution in [-0.2, 0) is 17.7 Å². The highest BCUT2D eigenvalue weighted by Gasteiger charge is 2.28. The Morgan fingerprint density at radius 3 is 3.05 bits per heavy atom. The van der Waals surface area contributed by atoms with Gasteiger partial charge in [0, 0.05) is 35.7 Å². The van der Waals surface area contributed by atoms with Crippen molar-refractivity contribution in [2.24, 2.45) is 5.73 Å². The standard InChI is InChI=1S/C17H18N2O2S/c18-17(20)16-12(8-10-4-3-7-21-10)13-9-19-14-6-2-1-5-11(14)15(13)22-16/h1-2,5-6,10,19H,3-4,7-9H2,(H2,18,20). The van der Waals surface area contributed by atoms with Crippen molar-refractivity contribution in [3.05, 3.63) is 40.3 Å². The van der Waals surface area contributed by atoms with E-state index in [1.54, 1.807) is 0 Å². The van der Waals surface area contributed by atoms with Crippen LogP contribution in [0.15, 0.2) is 24.3 Å². The van der Waals surface area contributed by atoms with Crippen LogP contribution in [0.5, 0.6) is 0 Å². The molecule has 2 aliphatic rings. The fourth-order valence-corrected chi connectivity index (χ4v) is 4.61. The Hall–Kier alpha value is -1.85. The number of ether oxygens (including phenoxy) is 1. The molecule has 114 valence electrons. The van der Waals surface area contributed by atoms with Crippen molar-refractivity contribution >= 4 is 22.9 Å². The predicted molar refractivity (Wildman–Crippen MR) is 88.3 cm³/mol. The number of amides is 1. The van der Waals surface area contributed by atoms with Gasteiger partial charge >= 0.3 is 0 Å². The predicted octanol–water partition coefficient (Wildman–Crippen LogP) is 3.16. The smallest absolute Gasteiger partial charge is 0.259 e. The number of benzene rings is 1. The first-order valence-corrected chi connectivity index (χ1v) is 8.45. The van der Waals surface area contributed by atoms with Gasteiger partial charge in [0.1, 0.15) is 0 Å². The fourth-order valence-electron chi connectivity index (χ4n) is 3.37. The molecular weight excluding hydrogens is 296 g/mol. The average molecular weight is 314 g/mol. The van der Waals surface area contributed by atoms with Crippen LogP contribution < -0.4 is 11.1 Å². The van der Waals surface area contributed by atoms with Crippen molar-refractivity contribution in [1.29, 1.82) is 0 Å². The number of anilines is 1. The molecule has 1 unspecified atom stereocenters. The Kier molecular flexibility index (Phi) is 3.39. The summed E-state index contributed by atoms with van der Waals surface area (Å²) in [6.45, 7) is 1.57. The van der Waals surface area contributed by atoms with Crippen LogP contribution in [0.2, 0.25) is 0 Å². The third kappa shape index (κ3) is 2.21. The second-order valence-electron chi connectivity index (χ2n) is 5.82. The monoisotopic (exact) mass is 314 g/mol. The zero-order valence-electron chi connectivity index (χ0n) is 12.2. The molecule has 5 heteroatoms. The number of nitrogens with one attached hydrogen (secondary N) is 1. The van der Waals surface area contributed by atoms with Crippen LogP contribution >= 0.6 is 11.3 Å². The second-order valence-corrected chi connectivity index (χ2v) is 6.84. The Morgan fingerprint density at radius 2 is 2.27 bits per heavy atom. The number of fused-ring (bicyclic) bond motifs is 3. The quantitative estimate of drug-likeness (QED) is 0.914. The van der Waals surface area contributed by atoms with Crippen LogP contribution in [0.4, 0.5) is 5.69 Å². The van der Waals surface area contributed by atoms with Gasteiger partial charge in [0.05, 0.1) is 11.0 Å². The number of hydrogen-bond donors (Lipinski definition) is 2. The summed E-state index contributed by atoms with van der Waals surface area (Å²) in [6, 6.07) is 8.21. The van der Waals surface area contributed by atoms with Gasteiger partial charge in [0.15, 0.2) is 0 Å². The number of primary amides is 1. The highest BCUT2D eigenvalue weighted by Crippen LogP contribution is 2.44. The molecule has 4 nitrogen and oxygen atoms in total. The fraction of sp³-hybridized carbons (Fsp3) is 0.353. The van der Waals surface area contributed by atoms with E-state index in [1.807, 2.05) is 12.1 Å². The van der Waals surface area contributed by atoms with Gasteiger partial charge in [0.25, 0.3) is 5.91 Å². The molecule has 1 aromatic heterocycles. The third-order valence-corrected chi connectivity index (χ3v) is 5.75. The minimum absolute atomic E-state index is 0.217. The maximum Gasteiger partial charge on any atom is 0.259 e. The van der Waals surface area contributed by atoms with Gasteiger partial charge in [-0.25, -0.2) is 0 Å². The molecule has 4 rings (SSSR count). The number of thiophene rings is 1. The Morgan fingerprint density at radius 1 is 1.41 bits per heavy atom. The normalized spacial score (nSPS) is 19.4. The third-order valence-electron chi connectivity index (χ3n) is 4.42. The van der Waals surface area contributed by atoms with Gasteiger partial charge in [0.2, 0.25) is 0 Å². The molecule has 0 radical (unpaired) electrons. The largest absolute Gasteiger partial charge is 0.380 e. The lowest BCUT2D eigenvalue weighted by Gasteiger charge is -2.20. The van der Waals surface area contributed by atoms with Gasteiger partial charge in [-0.3, -0.25) is 4.79 Å². The average Bonchev–Trinajstić information content (AvgIpc) is 3.16. The molecule has 1 saturated heterocycles. The van der Waals surface area contributed by atoms with Gasteiger partial charge in [-0.05, 0) is 30.0 Å². The van der Waals surface area contributed by atoms with Crippen LogP contribution in [0, 0.1) is 0 Å². The van der Waals surface area contributed by atoms with E-state index in [-0.39, 0.29) is 12.0 Å². The van der Waals surface area contributed by atoms with Gasteiger partial charge in [-0.1, -0.05) is 18.2 Å². The highest BCUT2D eigenvalue weighted by atomic mass is 32.1. The van der Waals surface area contributed by atoms with E-state index in [0.29, 0.717) is 4.88 Å². The first-order valence-electron chi connectivity index (χ1n) is 7.63. The summed E-state index contributed by atoms with van der Waals surface area (Å²) in [5, 5.41) is 3.45. The summed E-state index contributed by atoms with van der Waals surface area (Å²) in [5.41, 5.74) is 10.2. The number of carbonyl (C=O) groups is 1. The lowest BCUT2D eigenvalue weighted by Crippen LogP contribution is -2.17. The van der Waals surface area contributed by atoms with E-state index in [2.05, 4.69) is 17.4 Å². The van der Waals surface area contributed by atoms with Crippen LogP contribution in [-0.4, -0.2) is 18.6 Å². The maximum atomic E-state index is 11.9. The van der Waals surface area contributed by atoms with Gasteiger partial charge in [-0.15, -0.1) is 11.3 Å². The minimum atomic E-state index is -0.329. The van der Waals surface area contributed by atoms with Crippen LogP contribution in [0.1, 0.15) is 33.6 Å². The molecule has 0 bridgehead atoms. The Labute approximate surface area is 133 Å². The van der Waals surface area contributed by atoms with Crippen molar-refractivity contribution in [1.82, 2.24) is 0 Å². The summed E-state index contributed by atoms with van der Waals surface area (Å²) in [5.74, 6) is -0.329. The number of nitrogens with two attached hydrogens (primary N) is 1. The molecule has 0 saturated carbocycles. The molecule has 1 fully saturated rings. The number of rotatable bonds is 3. The summed E-state index contributed by atoms with van der Waals surface area (Å²) in [4.78, 5) is 13.8. The molecule has 2 aromatic rings. The van der Waals surface area contributed by atoms with Crippen molar-refractivity contribution in [3.63, 3.8) is 0 Å². The molecule has 2 aliphatic heterocycles. The zero-order chi connectivity index (χ0) is 15.1. The molecule has 3 N–H and O–H groups in total. The maximum absolute atomic E-state index is 11.9. The summed E-state index contributed by atoms with van der Waals surface area (Å²) in [6.07, 6.45) is 3.17. The number of para-hydroxylation sites is 1. The molecule has 22 heavy (non-hydrogen) atoms. The molecule has 1 atom stereocenters. The minimum Gasteiger partial charge on any atom is -0.380 e. The van der Waals surface area contributed by atoms with E-state index < -0.39 is 0 Å². The Bertz CT molecular complexity index is 732. The molecule has 0 spiro atoms. The number of hydrogen-bond acceptors (Lipinski definition) is 4. The first kappa shape index (κ1) is 13.8. The topological polar surface area (TPSA) is 64.4 Å². The second kappa shape index (κ2) is 5.41. The van der Waals surface area contributed by atoms with Gasteiger partial charge in [-0.2, -0.15) is 0 Å². The van der Waals surface area contributed by atoms with Crippen molar-refractivity contribution in [2.75, 3.05) is 11.9 Å². The summed E-state index contributed by atoms with van der Waals surface area (Å²) in [7, 11) is 0. The lowest BCUT2D eigenvalue weighted by atomic mass is 9.95. The Balaban J connectivity index is 1.81. The lowest BCUT2D eigenvalue weighted by molar-refractivity contribution is 0.0997. The summed E-state index contributed by atoms with van der Waals surface area (Å²) >= 11 is 1.53. The van der Waals surface area contributed by atoms with E-state index in [0.717, 1.165) is 49.2 Å². The zero-order valence-corrected chi connectivity index (χ0v) is 13.0. The van der Waals surface area contributed by atoms with Crippen molar-refractivity contribution in [2.45, 2.75) is 31.9 Å². The first-order chi connectivity index (χ1) is 10.7. The molecular formula is C17H18N2O2S. The van der Waals surface area contributed by atoms with Crippen molar-refractivity contribution < 1.29 is 9.53 Å². The van der Waals surface area contributed by atoms with E-state index in [1.165, 1.54) is 21.8 Å². The van der Waals surface area contributed by atoms with E-state index >= 15 is 0 Å². The van der Waals surface area contributed by atoms with Crippen LogP contribution in [0.3, 0.4) is 0 Å².